The van der Waals surface area contributed by atoms with Crippen LogP contribution in [0.2, 0.25) is 0 Å². The van der Waals surface area contributed by atoms with Crippen LogP contribution in [0.5, 0.6) is 0 Å². The number of amides is 1. The van der Waals surface area contributed by atoms with E-state index < -0.39 is 21.9 Å². The number of rotatable bonds is 8. The highest BCUT2D eigenvalue weighted by Gasteiger charge is 2.19. The number of ether oxygens (including phenoxy) is 1. The summed E-state index contributed by atoms with van der Waals surface area (Å²) in [4.78, 5) is 24.3. The number of hydrogen-bond acceptors (Lipinski definition) is 5. The molecule has 0 unspecified atom stereocenters. The van der Waals surface area contributed by atoms with Crippen LogP contribution in [0, 0.1) is 13.8 Å². The summed E-state index contributed by atoms with van der Waals surface area (Å²) in [5, 5.41) is 7.72. The summed E-state index contributed by atoms with van der Waals surface area (Å²) in [6.07, 6.45) is 0.500. The molecule has 3 N–H and O–H groups in total. The molecule has 1 aromatic carbocycles. The van der Waals surface area contributed by atoms with E-state index in [2.05, 4.69) is 5.32 Å². The molecule has 0 aliphatic rings. The Balaban J connectivity index is 1.82. The second-order valence-electron chi connectivity index (χ2n) is 7.11. The Kier molecular flexibility index (Phi) is 7.21. The summed E-state index contributed by atoms with van der Waals surface area (Å²) >= 11 is 0. The quantitative estimate of drug-likeness (QED) is 0.630. The molecular weight excluding hydrogens is 394 g/mol. The van der Waals surface area contributed by atoms with Gasteiger partial charge in [0.15, 0.2) is 6.61 Å². The Morgan fingerprint density at radius 1 is 1.17 bits per heavy atom. The molecule has 0 saturated carbocycles. The molecule has 0 aliphatic carbocycles. The number of nitrogens with zero attached hydrogens (tertiary/aromatic N) is 1. The van der Waals surface area contributed by atoms with Gasteiger partial charge in [0.2, 0.25) is 10.0 Å². The maximum Gasteiger partial charge on any atom is 0.340 e. The molecule has 1 aromatic heterocycles. The lowest BCUT2D eigenvalue weighted by molar-refractivity contribution is -0.124. The maximum absolute atomic E-state index is 12.3. The third kappa shape index (κ3) is 5.91. The van der Waals surface area contributed by atoms with Crippen LogP contribution >= 0.6 is 0 Å². The van der Waals surface area contributed by atoms with Crippen LogP contribution in [0.1, 0.15) is 47.2 Å². The smallest absolute Gasteiger partial charge is 0.340 e. The summed E-state index contributed by atoms with van der Waals surface area (Å²) in [6, 6.07) is 8.09. The number of aryl methyl sites for hydroxylation is 1. The molecule has 0 spiro atoms. The van der Waals surface area contributed by atoms with Gasteiger partial charge < -0.3 is 14.6 Å². The predicted molar refractivity (Wildman–Crippen MR) is 109 cm³/mol. The van der Waals surface area contributed by atoms with Gasteiger partial charge in [0.05, 0.1) is 10.5 Å². The maximum atomic E-state index is 12.3. The molecule has 0 radical (unpaired) electrons. The number of benzene rings is 1. The number of hydrogen-bond donors (Lipinski definition) is 2. The molecule has 29 heavy (non-hydrogen) atoms. The number of carbonyl (C=O) groups excluding carboxylic acids is 2. The summed E-state index contributed by atoms with van der Waals surface area (Å²) in [6.45, 7) is 7.80. The van der Waals surface area contributed by atoms with Gasteiger partial charge in [0, 0.05) is 24.0 Å². The van der Waals surface area contributed by atoms with Crippen molar-refractivity contribution >= 4 is 21.9 Å². The minimum absolute atomic E-state index is 0.0361. The van der Waals surface area contributed by atoms with Crippen molar-refractivity contribution in [1.82, 2.24) is 9.88 Å². The van der Waals surface area contributed by atoms with Crippen LogP contribution in [0.25, 0.3) is 0 Å². The molecule has 0 bridgehead atoms. The van der Waals surface area contributed by atoms with Crippen LogP contribution in [0.3, 0.4) is 0 Å². The van der Waals surface area contributed by atoms with E-state index in [9.17, 15) is 18.0 Å². The molecule has 0 aliphatic heterocycles. The van der Waals surface area contributed by atoms with Crippen molar-refractivity contribution in [2.45, 2.75) is 45.1 Å². The van der Waals surface area contributed by atoms with Crippen LogP contribution in [0.4, 0.5) is 0 Å². The van der Waals surface area contributed by atoms with E-state index in [1.807, 2.05) is 32.3 Å². The molecule has 2 aromatic rings. The van der Waals surface area contributed by atoms with Gasteiger partial charge in [-0.3, -0.25) is 4.79 Å². The van der Waals surface area contributed by atoms with Crippen LogP contribution in [0.15, 0.2) is 35.2 Å². The highest BCUT2D eigenvalue weighted by molar-refractivity contribution is 7.89. The highest BCUT2D eigenvalue weighted by atomic mass is 32.2. The van der Waals surface area contributed by atoms with Gasteiger partial charge in [-0.1, -0.05) is 12.1 Å². The Labute approximate surface area is 171 Å². The molecule has 0 fully saturated rings. The Morgan fingerprint density at radius 2 is 1.79 bits per heavy atom. The van der Waals surface area contributed by atoms with Crippen LogP contribution in [-0.2, 0) is 26.0 Å². The van der Waals surface area contributed by atoms with Crippen molar-refractivity contribution in [1.29, 1.82) is 0 Å². The second-order valence-corrected chi connectivity index (χ2v) is 8.68. The van der Waals surface area contributed by atoms with Crippen molar-refractivity contribution in [3.05, 3.63) is 52.8 Å². The standard InChI is InChI=1S/C20H27N3O5S/c1-13(2)23-14(3)11-18(15(23)4)20(25)28-12-19(24)22-10-9-16-5-7-17(8-6-16)29(21,26)27/h5-8,11,13H,9-10,12H2,1-4H3,(H,22,24)(H2,21,26,27). The van der Waals surface area contributed by atoms with E-state index in [0.29, 0.717) is 18.5 Å². The van der Waals surface area contributed by atoms with Crippen molar-refractivity contribution in [3.63, 3.8) is 0 Å². The molecule has 0 saturated heterocycles. The number of nitrogens with two attached hydrogens (primary N) is 1. The van der Waals surface area contributed by atoms with Gasteiger partial charge in [-0.05, 0) is 57.9 Å². The van der Waals surface area contributed by atoms with E-state index in [4.69, 9.17) is 9.88 Å². The van der Waals surface area contributed by atoms with E-state index in [0.717, 1.165) is 17.0 Å². The molecule has 1 heterocycles. The topological polar surface area (TPSA) is 120 Å². The normalized spacial score (nSPS) is 11.5. The van der Waals surface area contributed by atoms with Crippen molar-refractivity contribution in [2.75, 3.05) is 13.2 Å². The SMILES string of the molecule is Cc1cc(C(=O)OCC(=O)NCCc2ccc(S(N)(=O)=O)cc2)c(C)n1C(C)C. The first-order valence-corrected chi connectivity index (χ1v) is 10.8. The number of primary sulfonamides is 1. The summed E-state index contributed by atoms with van der Waals surface area (Å²) in [5.74, 6) is -0.934. The number of carbonyl (C=O) groups is 2. The second kappa shape index (κ2) is 9.23. The van der Waals surface area contributed by atoms with Gasteiger partial charge in [-0.15, -0.1) is 0 Å². The van der Waals surface area contributed by atoms with Gasteiger partial charge in [0.25, 0.3) is 5.91 Å². The van der Waals surface area contributed by atoms with E-state index in [1.54, 1.807) is 18.2 Å². The summed E-state index contributed by atoms with van der Waals surface area (Å²) in [7, 11) is -3.72. The van der Waals surface area contributed by atoms with Crippen LogP contribution in [-0.4, -0.2) is 38.0 Å². The lowest BCUT2D eigenvalue weighted by Gasteiger charge is -2.13. The first kappa shape index (κ1) is 22.6. The van der Waals surface area contributed by atoms with Crippen molar-refractivity contribution in [3.8, 4) is 0 Å². The summed E-state index contributed by atoms with van der Waals surface area (Å²) < 4.78 is 29.6. The monoisotopic (exact) mass is 421 g/mol. The average molecular weight is 422 g/mol. The van der Waals surface area contributed by atoms with E-state index in [1.165, 1.54) is 12.1 Å². The largest absolute Gasteiger partial charge is 0.452 e. The molecule has 0 atom stereocenters. The molecule has 158 valence electrons. The van der Waals surface area contributed by atoms with Crippen molar-refractivity contribution < 1.29 is 22.7 Å². The summed E-state index contributed by atoms with van der Waals surface area (Å²) in [5.41, 5.74) is 3.07. The Hall–Kier alpha value is -2.65. The van der Waals surface area contributed by atoms with Gasteiger partial charge in [0.1, 0.15) is 0 Å². The molecular formula is C20H27N3O5S. The molecule has 8 nitrogen and oxygen atoms in total. The minimum Gasteiger partial charge on any atom is -0.452 e. The molecule has 2 rings (SSSR count). The number of esters is 1. The third-order valence-corrected chi connectivity index (χ3v) is 5.47. The average Bonchev–Trinajstić information content (AvgIpc) is 2.94. The Morgan fingerprint density at radius 3 is 2.31 bits per heavy atom. The third-order valence-electron chi connectivity index (χ3n) is 4.54. The number of aromatic nitrogens is 1. The Bertz CT molecular complexity index is 992. The molecule has 9 heteroatoms. The zero-order valence-corrected chi connectivity index (χ0v) is 17.9. The fraction of sp³-hybridized carbons (Fsp3) is 0.400. The van der Waals surface area contributed by atoms with Crippen LogP contribution < -0.4 is 10.5 Å². The number of sulfonamides is 1. The molecule has 1 amide bonds. The van der Waals surface area contributed by atoms with E-state index >= 15 is 0 Å². The van der Waals surface area contributed by atoms with Gasteiger partial charge in [-0.2, -0.15) is 0 Å². The zero-order chi connectivity index (χ0) is 21.8. The number of nitrogens with one attached hydrogen (secondary N) is 1. The first-order valence-electron chi connectivity index (χ1n) is 9.24. The van der Waals surface area contributed by atoms with Crippen molar-refractivity contribution in [2.24, 2.45) is 5.14 Å². The zero-order valence-electron chi connectivity index (χ0n) is 17.1. The van der Waals surface area contributed by atoms with Gasteiger partial charge in [-0.25, -0.2) is 18.4 Å². The lowest BCUT2D eigenvalue weighted by Crippen LogP contribution is -2.30. The van der Waals surface area contributed by atoms with Gasteiger partial charge >= 0.3 is 5.97 Å². The predicted octanol–water partition coefficient (Wildman–Crippen LogP) is 1.85. The minimum atomic E-state index is -3.72. The first-order chi connectivity index (χ1) is 13.5. The highest BCUT2D eigenvalue weighted by Crippen LogP contribution is 2.20. The lowest BCUT2D eigenvalue weighted by atomic mass is 10.1. The van der Waals surface area contributed by atoms with E-state index in [-0.39, 0.29) is 17.5 Å². The fourth-order valence-electron chi connectivity index (χ4n) is 3.23. The fourth-order valence-corrected chi connectivity index (χ4v) is 3.75.